The highest BCUT2D eigenvalue weighted by Gasteiger charge is 2.28. The van der Waals surface area contributed by atoms with Crippen LogP contribution in [0.4, 0.5) is 10.1 Å². The smallest absolute Gasteiger partial charge is 0.278 e. The first-order chi connectivity index (χ1) is 14.5. The van der Waals surface area contributed by atoms with Gasteiger partial charge >= 0.3 is 0 Å². The highest BCUT2D eigenvalue weighted by atomic mass is 35.5. The second-order valence-corrected chi connectivity index (χ2v) is 6.97. The van der Waals surface area contributed by atoms with Gasteiger partial charge in [-0.05, 0) is 17.7 Å². The van der Waals surface area contributed by atoms with E-state index in [0.717, 1.165) is 5.56 Å². The van der Waals surface area contributed by atoms with E-state index in [1.807, 2.05) is 0 Å². The van der Waals surface area contributed by atoms with Crippen LogP contribution in [0.5, 0.6) is 11.5 Å². The van der Waals surface area contributed by atoms with Crippen LogP contribution in [0.15, 0.2) is 36.4 Å². The van der Waals surface area contributed by atoms with Crippen LogP contribution in [0.1, 0.15) is 27.8 Å². The van der Waals surface area contributed by atoms with E-state index in [9.17, 15) is 9.18 Å². The van der Waals surface area contributed by atoms with E-state index in [-0.39, 0.29) is 24.2 Å². The molecule has 1 aliphatic heterocycles. The van der Waals surface area contributed by atoms with Crippen molar-refractivity contribution in [2.24, 2.45) is 0 Å². The van der Waals surface area contributed by atoms with E-state index in [1.54, 1.807) is 28.9 Å². The number of amides is 1. The molecule has 2 heterocycles. The second-order valence-electron chi connectivity index (χ2n) is 6.56. The number of fused-ring (bicyclic) bond motifs is 1. The van der Waals surface area contributed by atoms with Gasteiger partial charge in [0.05, 0.1) is 43.8 Å². The van der Waals surface area contributed by atoms with E-state index < -0.39 is 5.91 Å². The molecule has 0 radical (unpaired) electrons. The lowest BCUT2D eigenvalue weighted by atomic mass is 10.1. The molecule has 0 spiro atoms. The lowest BCUT2D eigenvalue weighted by molar-refractivity contribution is -0.00174. The quantitative estimate of drug-likeness (QED) is 0.662. The maximum atomic E-state index is 13.2. The Labute approximate surface area is 176 Å². The average molecular weight is 433 g/mol. The number of anilines is 1. The standard InChI is InChI=1S/C20H18ClFN4O4/c1-28-16-8-14(17(29-2)7-13(16)21)23-20(27)19-15-10-30-18(9-26(15)25-24-19)11-3-5-12(22)6-4-11/h3-8,18H,9-10H2,1-2H3,(H,23,27)/t18-/m1/s1. The summed E-state index contributed by atoms with van der Waals surface area (Å²) in [5, 5.41) is 11.2. The van der Waals surface area contributed by atoms with Gasteiger partial charge in [-0.15, -0.1) is 5.10 Å². The Bertz CT molecular complexity index is 1090. The molecule has 3 aromatic rings. The van der Waals surface area contributed by atoms with Gasteiger partial charge in [0, 0.05) is 12.1 Å². The summed E-state index contributed by atoms with van der Waals surface area (Å²) in [6, 6.07) is 9.19. The minimum Gasteiger partial charge on any atom is -0.495 e. The summed E-state index contributed by atoms with van der Waals surface area (Å²) < 4.78 is 31.1. The molecule has 0 saturated heterocycles. The Morgan fingerprint density at radius 3 is 2.67 bits per heavy atom. The summed E-state index contributed by atoms with van der Waals surface area (Å²) in [5.74, 6) is -0.0157. The molecule has 8 nitrogen and oxygen atoms in total. The molecule has 1 amide bonds. The molecule has 2 aromatic carbocycles. The predicted molar refractivity (Wildman–Crippen MR) is 106 cm³/mol. The van der Waals surface area contributed by atoms with Crippen LogP contribution < -0.4 is 14.8 Å². The number of halogens is 2. The summed E-state index contributed by atoms with van der Waals surface area (Å²) in [6.45, 7) is 0.498. The minimum atomic E-state index is -0.470. The molecule has 1 aliphatic rings. The number of nitrogens with one attached hydrogen (secondary N) is 1. The molecular formula is C20H18ClFN4O4. The van der Waals surface area contributed by atoms with Crippen molar-refractivity contribution in [2.75, 3.05) is 19.5 Å². The number of hydrogen-bond donors (Lipinski definition) is 1. The predicted octanol–water partition coefficient (Wildman–Crippen LogP) is 3.61. The van der Waals surface area contributed by atoms with Gasteiger partial charge in [0.1, 0.15) is 23.4 Å². The van der Waals surface area contributed by atoms with E-state index >= 15 is 0 Å². The van der Waals surface area contributed by atoms with Crippen molar-refractivity contribution in [3.8, 4) is 11.5 Å². The number of benzene rings is 2. The SMILES string of the molecule is COc1cc(NC(=O)c2nnn3c2CO[C@@H](c2ccc(F)cc2)C3)c(OC)cc1Cl. The van der Waals surface area contributed by atoms with Crippen molar-refractivity contribution in [3.05, 3.63) is 64.2 Å². The van der Waals surface area contributed by atoms with Gasteiger partial charge in [0.15, 0.2) is 5.69 Å². The Morgan fingerprint density at radius 1 is 1.23 bits per heavy atom. The number of methoxy groups -OCH3 is 2. The normalized spacial score (nSPS) is 15.4. The number of ether oxygens (including phenoxy) is 3. The maximum absolute atomic E-state index is 13.2. The largest absolute Gasteiger partial charge is 0.495 e. The highest BCUT2D eigenvalue weighted by molar-refractivity contribution is 6.32. The first kappa shape index (κ1) is 20.1. The summed E-state index contributed by atoms with van der Waals surface area (Å²) >= 11 is 6.10. The molecule has 0 fully saturated rings. The highest BCUT2D eigenvalue weighted by Crippen LogP contribution is 2.36. The monoisotopic (exact) mass is 432 g/mol. The number of carbonyl (C=O) groups excluding carboxylic acids is 1. The topological polar surface area (TPSA) is 87.5 Å². The zero-order chi connectivity index (χ0) is 21.3. The molecule has 30 heavy (non-hydrogen) atoms. The molecule has 0 aliphatic carbocycles. The van der Waals surface area contributed by atoms with E-state index in [2.05, 4.69) is 15.6 Å². The third kappa shape index (κ3) is 3.81. The Hall–Kier alpha value is -3.17. The van der Waals surface area contributed by atoms with Crippen LogP contribution in [-0.2, 0) is 17.9 Å². The van der Waals surface area contributed by atoms with Crippen LogP contribution in [-0.4, -0.2) is 35.1 Å². The van der Waals surface area contributed by atoms with Crippen LogP contribution in [0.3, 0.4) is 0 Å². The molecule has 1 aromatic heterocycles. The van der Waals surface area contributed by atoms with Gasteiger partial charge in [-0.2, -0.15) is 0 Å². The molecule has 156 valence electrons. The van der Waals surface area contributed by atoms with Gasteiger partial charge < -0.3 is 19.5 Å². The first-order valence-electron chi connectivity index (χ1n) is 9.02. The fraction of sp³-hybridized carbons (Fsp3) is 0.250. The number of hydrogen-bond acceptors (Lipinski definition) is 6. The number of nitrogens with zero attached hydrogens (tertiary/aromatic N) is 3. The number of rotatable bonds is 5. The van der Waals surface area contributed by atoms with Crippen molar-refractivity contribution in [1.82, 2.24) is 15.0 Å². The number of carbonyl (C=O) groups is 1. The van der Waals surface area contributed by atoms with Crippen LogP contribution in [0, 0.1) is 5.82 Å². The van der Waals surface area contributed by atoms with Gasteiger partial charge in [-0.25, -0.2) is 9.07 Å². The fourth-order valence-corrected chi connectivity index (χ4v) is 3.44. The van der Waals surface area contributed by atoms with Crippen LogP contribution in [0.25, 0.3) is 0 Å². The summed E-state index contributed by atoms with van der Waals surface area (Å²) in [6.07, 6.45) is -0.309. The lowest BCUT2D eigenvalue weighted by Crippen LogP contribution is -2.24. The maximum Gasteiger partial charge on any atom is 0.278 e. The van der Waals surface area contributed by atoms with E-state index in [0.29, 0.717) is 34.4 Å². The molecule has 1 atom stereocenters. The van der Waals surface area contributed by atoms with Crippen molar-refractivity contribution >= 4 is 23.2 Å². The number of aromatic nitrogens is 3. The van der Waals surface area contributed by atoms with Crippen LogP contribution in [0.2, 0.25) is 5.02 Å². The Morgan fingerprint density at radius 2 is 1.97 bits per heavy atom. The summed E-state index contributed by atoms with van der Waals surface area (Å²) in [7, 11) is 2.95. The minimum absolute atomic E-state index is 0.138. The molecule has 0 bridgehead atoms. The summed E-state index contributed by atoms with van der Waals surface area (Å²) in [5.41, 5.74) is 1.89. The average Bonchev–Trinajstić information content (AvgIpc) is 3.18. The van der Waals surface area contributed by atoms with E-state index in [1.165, 1.54) is 26.4 Å². The van der Waals surface area contributed by atoms with Crippen molar-refractivity contribution in [3.63, 3.8) is 0 Å². The molecule has 1 N–H and O–H groups in total. The van der Waals surface area contributed by atoms with Gasteiger partial charge in [-0.1, -0.05) is 28.9 Å². The van der Waals surface area contributed by atoms with Crippen molar-refractivity contribution in [2.45, 2.75) is 19.3 Å². The first-order valence-corrected chi connectivity index (χ1v) is 9.40. The molecular weight excluding hydrogens is 415 g/mol. The molecule has 10 heteroatoms. The summed E-state index contributed by atoms with van der Waals surface area (Å²) in [4.78, 5) is 12.8. The fourth-order valence-electron chi connectivity index (χ4n) is 3.21. The third-order valence-corrected chi connectivity index (χ3v) is 5.07. The van der Waals surface area contributed by atoms with Crippen LogP contribution >= 0.6 is 11.6 Å². The lowest BCUT2D eigenvalue weighted by Gasteiger charge is -2.24. The Kier molecular flexibility index (Phi) is 5.56. The van der Waals surface area contributed by atoms with Gasteiger partial charge in [-0.3, -0.25) is 4.79 Å². The van der Waals surface area contributed by atoms with E-state index in [4.69, 9.17) is 25.8 Å². The second kappa shape index (κ2) is 8.29. The molecule has 4 rings (SSSR count). The Balaban J connectivity index is 1.55. The van der Waals surface area contributed by atoms with Gasteiger partial charge in [0.2, 0.25) is 0 Å². The molecule has 0 unspecified atom stereocenters. The molecule has 0 saturated carbocycles. The third-order valence-electron chi connectivity index (χ3n) is 4.78. The zero-order valence-corrected chi connectivity index (χ0v) is 16.9. The van der Waals surface area contributed by atoms with Crippen molar-refractivity contribution < 1.29 is 23.4 Å². The van der Waals surface area contributed by atoms with Gasteiger partial charge in [0.25, 0.3) is 5.91 Å². The zero-order valence-electron chi connectivity index (χ0n) is 16.2. The van der Waals surface area contributed by atoms with Crippen molar-refractivity contribution in [1.29, 1.82) is 0 Å².